The van der Waals surface area contributed by atoms with Crippen LogP contribution in [0.5, 0.6) is 11.5 Å². The molecule has 1 heterocycles. The Morgan fingerprint density at radius 3 is 2.71 bits per heavy atom. The molecule has 1 aromatic rings. The first-order valence-electron chi connectivity index (χ1n) is 8.94. The molecular weight excluding hydrogens is 304 g/mol. The van der Waals surface area contributed by atoms with Crippen LogP contribution < -0.4 is 14.8 Å². The van der Waals surface area contributed by atoms with Crippen LogP contribution in [0.25, 0.3) is 0 Å². The van der Waals surface area contributed by atoms with E-state index >= 15 is 0 Å². The number of carbonyl (C=O) groups excluding carboxylic acids is 1. The van der Waals surface area contributed by atoms with E-state index in [0.29, 0.717) is 23.7 Å². The second kappa shape index (κ2) is 7.88. The molecule has 1 saturated carbocycles. The van der Waals surface area contributed by atoms with Gasteiger partial charge in [0.25, 0.3) is 0 Å². The average molecular weight is 332 g/mol. The fourth-order valence-electron chi connectivity index (χ4n) is 4.11. The van der Waals surface area contributed by atoms with E-state index in [4.69, 9.17) is 9.47 Å². The van der Waals surface area contributed by atoms with Crippen molar-refractivity contribution >= 4 is 11.6 Å². The number of piperidine rings is 1. The average Bonchev–Trinajstić information content (AvgIpc) is 2.62. The van der Waals surface area contributed by atoms with Crippen LogP contribution in [-0.2, 0) is 4.79 Å². The molecule has 1 aliphatic carbocycles. The molecule has 1 amide bonds. The number of benzene rings is 1. The number of amides is 1. The lowest BCUT2D eigenvalue weighted by atomic mass is 9.75. The summed E-state index contributed by atoms with van der Waals surface area (Å²) in [6, 6.07) is 5.43. The van der Waals surface area contributed by atoms with Crippen LogP contribution in [0, 0.1) is 11.8 Å². The highest BCUT2D eigenvalue weighted by Gasteiger charge is 2.31. The first-order chi connectivity index (χ1) is 11.7. The molecule has 2 atom stereocenters. The van der Waals surface area contributed by atoms with Crippen LogP contribution in [0.2, 0.25) is 0 Å². The molecule has 1 aromatic carbocycles. The summed E-state index contributed by atoms with van der Waals surface area (Å²) in [4.78, 5) is 14.7. The number of rotatable bonds is 5. The maximum absolute atomic E-state index is 12.4. The summed E-state index contributed by atoms with van der Waals surface area (Å²) >= 11 is 0. The minimum atomic E-state index is 0.0210. The highest BCUT2D eigenvalue weighted by Crippen LogP contribution is 2.36. The number of likely N-dealkylation sites (tertiary alicyclic amines) is 1. The summed E-state index contributed by atoms with van der Waals surface area (Å²) in [6.07, 6.45) is 6.69. The Kier molecular flexibility index (Phi) is 5.61. The van der Waals surface area contributed by atoms with Gasteiger partial charge in [0.15, 0.2) is 0 Å². The number of hydrogen-bond acceptors (Lipinski definition) is 4. The van der Waals surface area contributed by atoms with Gasteiger partial charge in [0.2, 0.25) is 5.91 Å². The summed E-state index contributed by atoms with van der Waals surface area (Å²) in [7, 11) is 3.21. The third-order valence-corrected chi connectivity index (χ3v) is 5.43. The van der Waals surface area contributed by atoms with Gasteiger partial charge in [-0.3, -0.25) is 9.69 Å². The van der Waals surface area contributed by atoms with Crippen molar-refractivity contribution in [1.29, 1.82) is 0 Å². The number of ether oxygens (including phenoxy) is 2. The van der Waals surface area contributed by atoms with Crippen molar-refractivity contribution in [3.63, 3.8) is 0 Å². The molecule has 1 saturated heterocycles. The van der Waals surface area contributed by atoms with Crippen molar-refractivity contribution in [3.8, 4) is 11.5 Å². The quantitative estimate of drug-likeness (QED) is 0.900. The molecular formula is C19H28N2O3. The standard InChI is InChI=1S/C19H28N2O3/c1-23-16-7-8-17(18(11-16)24-2)20-19(22)13-21-10-9-14-5-3-4-6-15(14)12-21/h7-8,11,14-15H,3-6,9-10,12-13H2,1-2H3,(H,20,22)/t14-,15+/m1/s1. The first kappa shape index (κ1) is 17.1. The summed E-state index contributed by atoms with van der Waals surface area (Å²) in [6.45, 7) is 2.56. The van der Waals surface area contributed by atoms with E-state index < -0.39 is 0 Å². The molecule has 3 rings (SSSR count). The van der Waals surface area contributed by atoms with Crippen molar-refractivity contribution in [2.75, 3.05) is 39.2 Å². The molecule has 0 bridgehead atoms. The molecule has 132 valence electrons. The van der Waals surface area contributed by atoms with Gasteiger partial charge in [-0.25, -0.2) is 0 Å². The zero-order chi connectivity index (χ0) is 16.9. The van der Waals surface area contributed by atoms with Crippen LogP contribution in [0.3, 0.4) is 0 Å². The summed E-state index contributed by atoms with van der Waals surface area (Å²) in [5.74, 6) is 3.03. The lowest BCUT2D eigenvalue weighted by Gasteiger charge is -2.41. The van der Waals surface area contributed by atoms with E-state index in [1.165, 1.54) is 32.1 Å². The molecule has 5 heteroatoms. The van der Waals surface area contributed by atoms with Crippen LogP contribution >= 0.6 is 0 Å². The Bertz CT molecular complexity index is 576. The molecule has 0 spiro atoms. The Balaban J connectivity index is 1.56. The second-order valence-corrected chi connectivity index (χ2v) is 6.94. The molecule has 5 nitrogen and oxygen atoms in total. The monoisotopic (exact) mass is 332 g/mol. The fourth-order valence-corrected chi connectivity index (χ4v) is 4.11. The maximum Gasteiger partial charge on any atom is 0.238 e. The van der Waals surface area contributed by atoms with Crippen molar-refractivity contribution < 1.29 is 14.3 Å². The van der Waals surface area contributed by atoms with E-state index in [1.807, 2.05) is 12.1 Å². The van der Waals surface area contributed by atoms with Gasteiger partial charge in [-0.15, -0.1) is 0 Å². The van der Waals surface area contributed by atoms with Crippen molar-refractivity contribution in [2.24, 2.45) is 11.8 Å². The number of nitrogens with zero attached hydrogens (tertiary/aromatic N) is 1. The van der Waals surface area contributed by atoms with Gasteiger partial charge in [0.1, 0.15) is 11.5 Å². The zero-order valence-corrected chi connectivity index (χ0v) is 14.7. The number of hydrogen-bond donors (Lipinski definition) is 1. The van der Waals surface area contributed by atoms with Crippen molar-refractivity contribution in [3.05, 3.63) is 18.2 Å². The van der Waals surface area contributed by atoms with Gasteiger partial charge in [0, 0.05) is 12.6 Å². The van der Waals surface area contributed by atoms with E-state index in [1.54, 1.807) is 20.3 Å². The molecule has 2 fully saturated rings. The lowest BCUT2D eigenvalue weighted by molar-refractivity contribution is -0.118. The highest BCUT2D eigenvalue weighted by atomic mass is 16.5. The first-order valence-corrected chi connectivity index (χ1v) is 8.94. The third-order valence-electron chi connectivity index (χ3n) is 5.43. The SMILES string of the molecule is COc1ccc(NC(=O)CN2CC[C@H]3CCCC[C@H]3C2)c(OC)c1. The summed E-state index contributed by atoms with van der Waals surface area (Å²) in [5.41, 5.74) is 0.691. The van der Waals surface area contributed by atoms with Crippen molar-refractivity contribution in [1.82, 2.24) is 4.90 Å². The Morgan fingerprint density at radius 1 is 1.17 bits per heavy atom. The smallest absolute Gasteiger partial charge is 0.238 e. The number of nitrogens with one attached hydrogen (secondary N) is 1. The normalized spacial score (nSPS) is 24.1. The Morgan fingerprint density at radius 2 is 1.96 bits per heavy atom. The van der Waals surface area contributed by atoms with Crippen LogP contribution in [0.1, 0.15) is 32.1 Å². The van der Waals surface area contributed by atoms with Gasteiger partial charge in [0.05, 0.1) is 26.5 Å². The van der Waals surface area contributed by atoms with Crippen molar-refractivity contribution in [2.45, 2.75) is 32.1 Å². The van der Waals surface area contributed by atoms with Crippen LogP contribution in [0.4, 0.5) is 5.69 Å². The van der Waals surface area contributed by atoms with E-state index in [0.717, 1.165) is 24.9 Å². The molecule has 0 radical (unpaired) electrons. The predicted molar refractivity (Wildman–Crippen MR) is 94.7 cm³/mol. The Labute approximate surface area is 144 Å². The molecule has 0 aromatic heterocycles. The number of fused-ring (bicyclic) bond motifs is 1. The summed E-state index contributed by atoms with van der Waals surface area (Å²) in [5, 5.41) is 2.97. The molecule has 1 aliphatic heterocycles. The maximum atomic E-state index is 12.4. The second-order valence-electron chi connectivity index (χ2n) is 6.94. The largest absolute Gasteiger partial charge is 0.497 e. The lowest BCUT2D eigenvalue weighted by Crippen LogP contribution is -2.44. The van der Waals surface area contributed by atoms with Crippen LogP contribution in [0.15, 0.2) is 18.2 Å². The predicted octanol–water partition coefficient (Wildman–Crippen LogP) is 3.15. The number of carbonyl (C=O) groups is 1. The van der Waals surface area contributed by atoms with Gasteiger partial charge < -0.3 is 14.8 Å². The van der Waals surface area contributed by atoms with Crippen LogP contribution in [-0.4, -0.2) is 44.7 Å². The minimum absolute atomic E-state index is 0.0210. The third kappa shape index (κ3) is 4.01. The Hall–Kier alpha value is -1.75. The topological polar surface area (TPSA) is 50.8 Å². The van der Waals surface area contributed by atoms with E-state index in [2.05, 4.69) is 10.2 Å². The zero-order valence-electron chi connectivity index (χ0n) is 14.7. The van der Waals surface area contributed by atoms with Gasteiger partial charge in [-0.05, 0) is 43.4 Å². The highest BCUT2D eigenvalue weighted by molar-refractivity contribution is 5.93. The van der Waals surface area contributed by atoms with Gasteiger partial charge in [-0.2, -0.15) is 0 Å². The molecule has 0 unspecified atom stereocenters. The summed E-state index contributed by atoms with van der Waals surface area (Å²) < 4.78 is 10.5. The molecule has 2 aliphatic rings. The van der Waals surface area contributed by atoms with Gasteiger partial charge in [-0.1, -0.05) is 19.3 Å². The fraction of sp³-hybridized carbons (Fsp3) is 0.632. The molecule has 1 N–H and O–H groups in total. The number of methoxy groups -OCH3 is 2. The molecule has 24 heavy (non-hydrogen) atoms. The van der Waals surface area contributed by atoms with Gasteiger partial charge >= 0.3 is 0 Å². The van der Waals surface area contributed by atoms with E-state index in [9.17, 15) is 4.79 Å². The minimum Gasteiger partial charge on any atom is -0.497 e. The number of anilines is 1. The van der Waals surface area contributed by atoms with E-state index in [-0.39, 0.29) is 5.91 Å².